The molecule has 2 unspecified atom stereocenters. The molecule has 30 heavy (non-hydrogen) atoms. The monoisotopic (exact) mass is 425 g/mol. The van der Waals surface area contributed by atoms with Crippen LogP contribution >= 0.6 is 7.37 Å². The number of aromatic amines is 1. The number of fused-ring (bicyclic) bond motifs is 1. The van der Waals surface area contributed by atoms with E-state index in [4.69, 9.17) is 4.74 Å². The molecule has 4 atom stereocenters. The van der Waals surface area contributed by atoms with Gasteiger partial charge in [0, 0.05) is 34.6 Å². The van der Waals surface area contributed by atoms with Crippen LogP contribution in [-0.2, 0) is 11.0 Å². The molecule has 2 aromatic carbocycles. The molecule has 1 fully saturated rings. The summed E-state index contributed by atoms with van der Waals surface area (Å²) < 4.78 is 17.8. The highest BCUT2D eigenvalue weighted by atomic mass is 31.2. The first-order valence-electron chi connectivity index (χ1n) is 10.8. The molecule has 160 valence electrons. The van der Waals surface area contributed by atoms with Gasteiger partial charge < -0.3 is 14.6 Å². The van der Waals surface area contributed by atoms with Crippen LogP contribution in [0.5, 0.6) is 5.75 Å². The van der Waals surface area contributed by atoms with Gasteiger partial charge >= 0.3 is 0 Å². The normalized spacial score (nSPS) is 24.0. The topological polar surface area (TPSA) is 62.3 Å². The van der Waals surface area contributed by atoms with Gasteiger partial charge in [0.1, 0.15) is 5.75 Å². The number of H-pyrrole nitrogens is 1. The maximum atomic E-state index is 12.0. The Balaban J connectivity index is 1.69. The third-order valence-corrected chi connectivity index (χ3v) is 8.11. The van der Waals surface area contributed by atoms with Gasteiger partial charge in [-0.2, -0.15) is 0 Å². The predicted molar refractivity (Wildman–Crippen MR) is 124 cm³/mol. The van der Waals surface area contributed by atoms with Gasteiger partial charge in [-0.25, -0.2) is 0 Å². The summed E-state index contributed by atoms with van der Waals surface area (Å²) >= 11 is 0. The fraction of sp³-hybridized carbons (Fsp3) is 0.440. The fourth-order valence-corrected chi connectivity index (χ4v) is 5.89. The Hall–Kier alpha value is -2.03. The summed E-state index contributed by atoms with van der Waals surface area (Å²) in [6.07, 6.45) is 6.56. The van der Waals surface area contributed by atoms with Crippen molar-refractivity contribution in [2.24, 2.45) is 11.8 Å². The number of benzene rings is 2. The van der Waals surface area contributed by atoms with Crippen LogP contribution in [-0.4, -0.2) is 23.7 Å². The smallest absolute Gasteiger partial charge is 0.226 e. The molecule has 2 N–H and O–H groups in total. The van der Waals surface area contributed by atoms with E-state index in [1.54, 1.807) is 7.11 Å². The summed E-state index contributed by atoms with van der Waals surface area (Å²) in [5.41, 5.74) is 4.96. The molecule has 1 aliphatic carbocycles. The van der Waals surface area contributed by atoms with Crippen LogP contribution in [0, 0.1) is 18.8 Å². The van der Waals surface area contributed by atoms with Gasteiger partial charge in [-0.1, -0.05) is 25.5 Å². The zero-order chi connectivity index (χ0) is 21.5. The van der Waals surface area contributed by atoms with E-state index >= 15 is 0 Å². The molecule has 1 aliphatic rings. The van der Waals surface area contributed by atoms with E-state index in [0.717, 1.165) is 18.6 Å². The van der Waals surface area contributed by atoms with E-state index < -0.39 is 7.37 Å². The molecular weight excluding hydrogens is 393 g/mol. The van der Waals surface area contributed by atoms with Crippen molar-refractivity contribution >= 4 is 23.6 Å². The Bertz CT molecular complexity index is 1080. The van der Waals surface area contributed by atoms with Gasteiger partial charge in [-0.15, -0.1) is 0 Å². The van der Waals surface area contributed by atoms with Crippen LogP contribution in [0.1, 0.15) is 48.8 Å². The van der Waals surface area contributed by atoms with Gasteiger partial charge in [0.25, 0.3) is 0 Å². The molecule has 0 bridgehead atoms. The zero-order valence-corrected chi connectivity index (χ0v) is 19.2. The number of hydrogen-bond acceptors (Lipinski definition) is 2. The number of nitrogens with one attached hydrogen (secondary N) is 1. The molecule has 3 aromatic rings. The fourth-order valence-electron chi connectivity index (χ4n) is 5.18. The van der Waals surface area contributed by atoms with Crippen LogP contribution in [0.4, 0.5) is 0 Å². The van der Waals surface area contributed by atoms with Crippen molar-refractivity contribution in [1.82, 2.24) is 4.98 Å². The van der Waals surface area contributed by atoms with Crippen LogP contribution in [0.2, 0.25) is 0 Å². The largest absolute Gasteiger partial charge is 0.496 e. The Morgan fingerprint density at radius 1 is 1.20 bits per heavy atom. The number of aryl methyl sites for hydroxylation is 1. The second kappa shape index (κ2) is 8.24. The molecular formula is C25H32NO3P. The van der Waals surface area contributed by atoms with E-state index in [2.05, 4.69) is 43.1 Å². The lowest BCUT2D eigenvalue weighted by Gasteiger charge is -2.36. The molecule has 1 heterocycles. The van der Waals surface area contributed by atoms with Crippen molar-refractivity contribution in [2.45, 2.75) is 45.4 Å². The minimum absolute atomic E-state index is 0.442. The molecule has 0 amide bonds. The highest BCUT2D eigenvalue weighted by molar-refractivity contribution is 7.65. The first kappa shape index (κ1) is 21.2. The molecule has 5 heteroatoms. The highest BCUT2D eigenvalue weighted by Crippen LogP contribution is 2.44. The van der Waals surface area contributed by atoms with Crippen LogP contribution in [0.3, 0.4) is 0 Å². The van der Waals surface area contributed by atoms with Crippen LogP contribution < -0.4 is 10.0 Å². The third-order valence-electron chi connectivity index (χ3n) is 6.85. The SMILES string of the molecule is COc1cc(C)c2[nH]ccc2c1CC1CC[C@@H](C)C[C@H]1c1ccc(P(C)(=O)O)cc1. The zero-order valence-electron chi connectivity index (χ0n) is 18.3. The maximum absolute atomic E-state index is 12.0. The quantitative estimate of drug-likeness (QED) is 0.510. The number of ether oxygens (including phenoxy) is 1. The van der Waals surface area contributed by atoms with Crippen molar-refractivity contribution in [3.05, 3.63) is 59.3 Å². The molecule has 0 radical (unpaired) electrons. The summed E-state index contributed by atoms with van der Waals surface area (Å²) in [5.74, 6) is 2.62. The molecule has 4 nitrogen and oxygen atoms in total. The van der Waals surface area contributed by atoms with E-state index in [-0.39, 0.29) is 0 Å². The van der Waals surface area contributed by atoms with Gasteiger partial charge in [0.05, 0.1) is 7.11 Å². The summed E-state index contributed by atoms with van der Waals surface area (Å²) in [4.78, 5) is 13.3. The number of methoxy groups -OCH3 is 1. The van der Waals surface area contributed by atoms with Crippen molar-refractivity contribution < 1.29 is 14.2 Å². The van der Waals surface area contributed by atoms with Crippen molar-refractivity contribution in [2.75, 3.05) is 13.8 Å². The Morgan fingerprint density at radius 3 is 2.60 bits per heavy atom. The number of aromatic nitrogens is 1. The van der Waals surface area contributed by atoms with Crippen LogP contribution in [0.25, 0.3) is 10.9 Å². The minimum atomic E-state index is -3.22. The predicted octanol–water partition coefficient (Wildman–Crippen LogP) is 5.77. The van der Waals surface area contributed by atoms with Gasteiger partial charge in [0.2, 0.25) is 7.37 Å². The molecule has 4 rings (SSSR count). The molecule has 1 aromatic heterocycles. The number of rotatable bonds is 5. The van der Waals surface area contributed by atoms with E-state index in [0.29, 0.717) is 23.1 Å². The standard InChI is InChI=1S/C25H32NO3P/c1-16-5-6-19(22(13-16)18-7-9-20(10-8-18)30(4,27)28)15-23-21-11-12-26-25(21)17(2)14-24(23)29-3/h7-12,14,16,19,22,26H,5-6,13,15H2,1-4H3,(H,27,28)/t16-,19?,22+/m1/s1. The first-order chi connectivity index (χ1) is 14.3. The lowest BCUT2D eigenvalue weighted by Crippen LogP contribution is -2.24. The van der Waals surface area contributed by atoms with Crippen molar-refractivity contribution in [3.8, 4) is 5.75 Å². The molecule has 0 spiro atoms. The highest BCUT2D eigenvalue weighted by Gasteiger charge is 2.31. The summed E-state index contributed by atoms with van der Waals surface area (Å²) in [5, 5.41) is 1.78. The lowest BCUT2D eigenvalue weighted by molar-refractivity contribution is 0.245. The van der Waals surface area contributed by atoms with Gasteiger partial charge in [-0.3, -0.25) is 4.57 Å². The maximum Gasteiger partial charge on any atom is 0.226 e. The second-order valence-corrected chi connectivity index (χ2v) is 11.4. The summed E-state index contributed by atoms with van der Waals surface area (Å²) in [6.45, 7) is 5.85. The first-order valence-corrected chi connectivity index (χ1v) is 12.9. The Morgan fingerprint density at radius 2 is 1.93 bits per heavy atom. The van der Waals surface area contributed by atoms with E-state index in [1.807, 2.05) is 18.3 Å². The molecule has 0 aliphatic heterocycles. The minimum Gasteiger partial charge on any atom is -0.496 e. The van der Waals surface area contributed by atoms with E-state index in [9.17, 15) is 9.46 Å². The summed E-state index contributed by atoms with van der Waals surface area (Å²) in [6, 6.07) is 12.1. The summed E-state index contributed by atoms with van der Waals surface area (Å²) in [7, 11) is -1.46. The van der Waals surface area contributed by atoms with Gasteiger partial charge in [0.15, 0.2) is 0 Å². The molecule has 0 saturated heterocycles. The average Bonchev–Trinajstić information content (AvgIpc) is 3.21. The third kappa shape index (κ3) is 4.08. The van der Waals surface area contributed by atoms with Gasteiger partial charge in [-0.05, 0) is 79.3 Å². The van der Waals surface area contributed by atoms with E-state index in [1.165, 1.54) is 47.1 Å². The average molecular weight is 426 g/mol. The Kier molecular flexibility index (Phi) is 5.83. The lowest BCUT2D eigenvalue weighted by atomic mass is 9.69. The molecule has 1 saturated carbocycles. The number of hydrogen-bond donors (Lipinski definition) is 2. The van der Waals surface area contributed by atoms with Crippen LogP contribution in [0.15, 0.2) is 42.6 Å². The second-order valence-electron chi connectivity index (χ2n) is 9.10. The Labute approximate surface area is 179 Å². The van der Waals surface area contributed by atoms with Crippen molar-refractivity contribution in [3.63, 3.8) is 0 Å². The van der Waals surface area contributed by atoms with Crippen molar-refractivity contribution in [1.29, 1.82) is 0 Å².